The first kappa shape index (κ1) is 19.6. The van der Waals surface area contributed by atoms with Gasteiger partial charge in [0.25, 0.3) is 0 Å². The first-order chi connectivity index (χ1) is 12.2. The molecule has 26 heavy (non-hydrogen) atoms. The van der Waals surface area contributed by atoms with Crippen molar-refractivity contribution in [3.05, 3.63) is 35.9 Å². The Hall–Kier alpha value is -2.77. The molecular formula is C18H26N4O4. The number of nitrogens with one attached hydrogen (secondary N) is 3. The van der Waals surface area contributed by atoms with E-state index in [1.54, 1.807) is 4.90 Å². The van der Waals surface area contributed by atoms with Crippen molar-refractivity contribution >= 4 is 18.1 Å². The molecule has 1 aromatic carbocycles. The molecule has 1 fully saturated rings. The van der Waals surface area contributed by atoms with Crippen LogP contribution in [0.1, 0.15) is 26.3 Å². The maximum absolute atomic E-state index is 11.7. The molecule has 142 valence electrons. The standard InChI is InChI=1S/C18H26N4O4/c1-18(2,3)26-16(23)20-9-14-10-22(11-14)15(19)21-17(24)25-12-13-7-5-4-6-8-13/h4-8,14H,9-12H2,1-3H3,(H,20,23)(H2,19,21,24). The van der Waals surface area contributed by atoms with Gasteiger partial charge in [0.15, 0.2) is 0 Å². The topological polar surface area (TPSA) is 104 Å². The fourth-order valence-electron chi connectivity index (χ4n) is 2.36. The van der Waals surface area contributed by atoms with Gasteiger partial charge in [-0.25, -0.2) is 9.59 Å². The van der Waals surface area contributed by atoms with Crippen LogP contribution in [0.4, 0.5) is 9.59 Å². The number of benzene rings is 1. The van der Waals surface area contributed by atoms with E-state index in [-0.39, 0.29) is 18.5 Å². The SMILES string of the molecule is CC(C)(C)OC(=O)NCC1CN(C(=N)NC(=O)OCc2ccccc2)C1. The van der Waals surface area contributed by atoms with E-state index in [0.717, 1.165) is 5.56 Å². The van der Waals surface area contributed by atoms with Gasteiger partial charge in [-0.1, -0.05) is 30.3 Å². The minimum atomic E-state index is -0.658. The summed E-state index contributed by atoms with van der Waals surface area (Å²) in [6.07, 6.45) is -1.11. The average molecular weight is 362 g/mol. The minimum Gasteiger partial charge on any atom is -0.444 e. The Morgan fingerprint density at radius 2 is 1.85 bits per heavy atom. The number of ether oxygens (including phenoxy) is 2. The number of amides is 2. The number of hydrogen-bond acceptors (Lipinski definition) is 5. The van der Waals surface area contributed by atoms with E-state index >= 15 is 0 Å². The summed E-state index contributed by atoms with van der Waals surface area (Å²) in [6, 6.07) is 9.33. The van der Waals surface area contributed by atoms with Crippen LogP contribution >= 0.6 is 0 Å². The normalized spacial score (nSPS) is 14.2. The number of hydrogen-bond donors (Lipinski definition) is 3. The van der Waals surface area contributed by atoms with Gasteiger partial charge in [-0.2, -0.15) is 0 Å². The van der Waals surface area contributed by atoms with Gasteiger partial charge in [0.05, 0.1) is 0 Å². The average Bonchev–Trinajstić information content (AvgIpc) is 2.50. The second kappa shape index (κ2) is 8.55. The smallest absolute Gasteiger partial charge is 0.414 e. The van der Waals surface area contributed by atoms with E-state index in [0.29, 0.717) is 19.6 Å². The maximum Gasteiger partial charge on any atom is 0.414 e. The lowest BCUT2D eigenvalue weighted by Crippen LogP contribution is -2.57. The number of likely N-dealkylation sites (tertiary alicyclic amines) is 1. The molecule has 1 aliphatic heterocycles. The van der Waals surface area contributed by atoms with Crippen LogP contribution < -0.4 is 10.6 Å². The Bertz CT molecular complexity index is 636. The highest BCUT2D eigenvalue weighted by atomic mass is 16.6. The molecule has 2 amide bonds. The summed E-state index contributed by atoms with van der Waals surface area (Å²) in [5.41, 5.74) is 0.355. The van der Waals surface area contributed by atoms with Gasteiger partial charge >= 0.3 is 12.2 Å². The van der Waals surface area contributed by atoms with Crippen LogP contribution in [-0.4, -0.2) is 48.3 Å². The van der Waals surface area contributed by atoms with Crippen LogP contribution in [0.15, 0.2) is 30.3 Å². The molecule has 1 heterocycles. The largest absolute Gasteiger partial charge is 0.444 e. The molecule has 0 radical (unpaired) electrons. The van der Waals surface area contributed by atoms with Crippen LogP contribution in [0.2, 0.25) is 0 Å². The molecule has 0 aromatic heterocycles. The summed E-state index contributed by atoms with van der Waals surface area (Å²) in [5.74, 6) is 0.210. The van der Waals surface area contributed by atoms with Crippen LogP contribution in [0.3, 0.4) is 0 Å². The number of carbonyl (C=O) groups is 2. The van der Waals surface area contributed by atoms with Crippen molar-refractivity contribution in [3.8, 4) is 0 Å². The molecule has 0 saturated carbocycles. The fourth-order valence-corrected chi connectivity index (χ4v) is 2.36. The van der Waals surface area contributed by atoms with Gasteiger partial charge in [0.2, 0.25) is 5.96 Å². The third-order valence-electron chi connectivity index (χ3n) is 3.64. The van der Waals surface area contributed by atoms with Crippen molar-refractivity contribution in [2.45, 2.75) is 33.0 Å². The van der Waals surface area contributed by atoms with Crippen molar-refractivity contribution in [2.75, 3.05) is 19.6 Å². The minimum absolute atomic E-state index is 0.00317. The van der Waals surface area contributed by atoms with E-state index in [9.17, 15) is 9.59 Å². The van der Waals surface area contributed by atoms with Crippen molar-refractivity contribution in [2.24, 2.45) is 5.92 Å². The lowest BCUT2D eigenvalue weighted by Gasteiger charge is -2.40. The molecular weight excluding hydrogens is 336 g/mol. The van der Waals surface area contributed by atoms with Crippen molar-refractivity contribution in [1.29, 1.82) is 5.41 Å². The van der Waals surface area contributed by atoms with Crippen molar-refractivity contribution < 1.29 is 19.1 Å². The monoisotopic (exact) mass is 362 g/mol. The third kappa shape index (κ3) is 6.62. The van der Waals surface area contributed by atoms with Crippen LogP contribution in [0.5, 0.6) is 0 Å². The second-order valence-corrected chi connectivity index (χ2v) is 7.19. The van der Waals surface area contributed by atoms with E-state index in [2.05, 4.69) is 10.6 Å². The number of alkyl carbamates (subject to hydrolysis) is 2. The first-order valence-corrected chi connectivity index (χ1v) is 8.51. The van der Waals surface area contributed by atoms with Gasteiger partial charge in [0.1, 0.15) is 12.2 Å². The summed E-state index contributed by atoms with van der Waals surface area (Å²) < 4.78 is 10.2. The Balaban J connectivity index is 1.60. The molecule has 0 spiro atoms. The second-order valence-electron chi connectivity index (χ2n) is 7.19. The Labute approximate surface area is 153 Å². The van der Waals surface area contributed by atoms with Crippen molar-refractivity contribution in [1.82, 2.24) is 15.5 Å². The lowest BCUT2D eigenvalue weighted by atomic mass is 10.0. The highest BCUT2D eigenvalue weighted by Gasteiger charge is 2.30. The molecule has 1 saturated heterocycles. The van der Waals surface area contributed by atoms with Crippen molar-refractivity contribution in [3.63, 3.8) is 0 Å². The molecule has 3 N–H and O–H groups in total. The number of guanidine groups is 1. The molecule has 0 aliphatic carbocycles. The summed E-state index contributed by atoms with van der Waals surface area (Å²) in [7, 11) is 0. The quantitative estimate of drug-likeness (QED) is 0.563. The molecule has 8 nitrogen and oxygen atoms in total. The van der Waals surface area contributed by atoms with Gasteiger partial charge < -0.3 is 19.7 Å². The van der Waals surface area contributed by atoms with E-state index in [1.165, 1.54) is 0 Å². The first-order valence-electron chi connectivity index (χ1n) is 8.51. The van der Waals surface area contributed by atoms with Crippen LogP contribution in [0.25, 0.3) is 0 Å². The Morgan fingerprint density at radius 1 is 1.19 bits per heavy atom. The maximum atomic E-state index is 11.7. The zero-order valence-electron chi connectivity index (χ0n) is 15.4. The molecule has 1 aromatic rings. The van der Waals surface area contributed by atoms with Crippen LogP contribution in [0, 0.1) is 11.3 Å². The predicted molar refractivity (Wildman–Crippen MR) is 96.8 cm³/mol. The number of carbonyl (C=O) groups excluding carboxylic acids is 2. The van der Waals surface area contributed by atoms with E-state index in [4.69, 9.17) is 14.9 Å². The third-order valence-corrected chi connectivity index (χ3v) is 3.64. The molecule has 0 bridgehead atoms. The highest BCUT2D eigenvalue weighted by molar-refractivity contribution is 5.92. The molecule has 0 unspecified atom stereocenters. The summed E-state index contributed by atoms with van der Waals surface area (Å²) in [5, 5.41) is 13.0. The van der Waals surface area contributed by atoms with E-state index < -0.39 is 17.8 Å². The highest BCUT2D eigenvalue weighted by Crippen LogP contribution is 2.14. The number of nitrogens with zero attached hydrogens (tertiary/aromatic N) is 1. The van der Waals surface area contributed by atoms with Gasteiger partial charge in [-0.15, -0.1) is 0 Å². The predicted octanol–water partition coefficient (Wildman–Crippen LogP) is 2.30. The number of rotatable bonds is 4. The Morgan fingerprint density at radius 3 is 2.46 bits per heavy atom. The Kier molecular flexibility index (Phi) is 6.43. The zero-order valence-corrected chi connectivity index (χ0v) is 15.4. The molecule has 8 heteroatoms. The van der Waals surface area contributed by atoms with Gasteiger partial charge in [-0.05, 0) is 26.3 Å². The van der Waals surface area contributed by atoms with Crippen LogP contribution in [-0.2, 0) is 16.1 Å². The van der Waals surface area contributed by atoms with Gasteiger partial charge in [-0.3, -0.25) is 10.7 Å². The summed E-state index contributed by atoms with van der Waals surface area (Å²) in [6.45, 7) is 7.20. The molecule has 2 rings (SSSR count). The summed E-state index contributed by atoms with van der Waals surface area (Å²) in [4.78, 5) is 25.0. The van der Waals surface area contributed by atoms with E-state index in [1.807, 2.05) is 51.1 Å². The molecule has 1 aliphatic rings. The summed E-state index contributed by atoms with van der Waals surface area (Å²) >= 11 is 0. The zero-order chi connectivity index (χ0) is 19.2. The van der Waals surface area contributed by atoms with Gasteiger partial charge in [0, 0.05) is 25.6 Å². The lowest BCUT2D eigenvalue weighted by molar-refractivity contribution is 0.0499. The fraction of sp³-hybridized carbons (Fsp3) is 0.500. The molecule has 0 atom stereocenters.